The van der Waals surface area contributed by atoms with Crippen LogP contribution >= 0.6 is 0 Å². The number of hydrogen-bond donors (Lipinski definition) is 1. The Morgan fingerprint density at radius 2 is 2.12 bits per heavy atom. The van der Waals surface area contributed by atoms with E-state index in [1.54, 1.807) is 0 Å². The molecular weight excluding hydrogens is 153 g/mol. The first-order valence-electron chi connectivity index (χ1n) is 2.78. The van der Waals surface area contributed by atoms with Crippen LogP contribution in [0, 0.1) is 6.92 Å². The minimum atomic E-state index is -0.162. The van der Waals surface area contributed by atoms with Gasteiger partial charge in [0, 0.05) is 19.5 Å². The van der Waals surface area contributed by atoms with Crippen molar-refractivity contribution in [3.63, 3.8) is 0 Å². The third-order valence-corrected chi connectivity index (χ3v) is 0.955. The van der Waals surface area contributed by atoms with Crippen LogP contribution in [0.5, 0.6) is 0 Å². The fourth-order valence-electron chi connectivity index (χ4n) is 0.478. The van der Waals surface area contributed by atoms with E-state index in [4.69, 9.17) is 5.11 Å². The standard InChI is InChI=1S/C6H13O.Zn/c1-3-5-6(7)4-2;/h6-7H,2-5H2,1H3;. The normalized spacial score (nSPS) is 12.4. The Hall–Kier alpha value is 0.583. The first-order chi connectivity index (χ1) is 3.31. The number of aliphatic hydroxyl groups excluding tert-OH is 1. The summed E-state index contributed by atoms with van der Waals surface area (Å²) in [5, 5.41) is 8.80. The van der Waals surface area contributed by atoms with Gasteiger partial charge in [0.2, 0.25) is 0 Å². The Bertz CT molecular complexity index is 39.5. The number of aliphatic hydroxyl groups is 1. The van der Waals surface area contributed by atoms with Crippen LogP contribution in [0.1, 0.15) is 26.2 Å². The van der Waals surface area contributed by atoms with Crippen LogP contribution in [0.3, 0.4) is 0 Å². The zero-order chi connectivity index (χ0) is 5.70. The maximum Gasteiger partial charge on any atom is 0.0540 e. The van der Waals surface area contributed by atoms with E-state index >= 15 is 0 Å². The third-order valence-electron chi connectivity index (χ3n) is 0.955. The molecule has 0 aliphatic carbocycles. The van der Waals surface area contributed by atoms with Crippen LogP contribution in [0.2, 0.25) is 0 Å². The minimum absolute atomic E-state index is 0. The molecule has 0 saturated heterocycles. The molecule has 0 aromatic carbocycles. The molecule has 0 heterocycles. The van der Waals surface area contributed by atoms with E-state index in [1.165, 1.54) is 0 Å². The van der Waals surface area contributed by atoms with Crippen molar-refractivity contribution in [2.45, 2.75) is 32.3 Å². The van der Waals surface area contributed by atoms with Gasteiger partial charge in [-0.2, -0.15) is 0 Å². The van der Waals surface area contributed by atoms with Crippen molar-refractivity contribution in [3.8, 4) is 0 Å². The van der Waals surface area contributed by atoms with Crippen molar-refractivity contribution in [2.75, 3.05) is 0 Å². The summed E-state index contributed by atoms with van der Waals surface area (Å²) >= 11 is 0. The molecule has 2 heteroatoms. The van der Waals surface area contributed by atoms with Gasteiger partial charge in [-0.15, -0.1) is 0 Å². The van der Waals surface area contributed by atoms with Gasteiger partial charge in [0.05, 0.1) is 6.10 Å². The van der Waals surface area contributed by atoms with Gasteiger partial charge in [-0.3, -0.25) is 0 Å². The molecule has 1 nitrogen and oxygen atoms in total. The van der Waals surface area contributed by atoms with E-state index < -0.39 is 0 Å². The van der Waals surface area contributed by atoms with Gasteiger partial charge in [-0.1, -0.05) is 20.3 Å². The summed E-state index contributed by atoms with van der Waals surface area (Å²) in [5.74, 6) is 0. The summed E-state index contributed by atoms with van der Waals surface area (Å²) in [6.07, 6.45) is 2.43. The SMILES string of the molecule is [CH2]CC(O)CCC.[Zn]. The molecule has 45 valence electrons. The molecule has 1 unspecified atom stereocenters. The largest absolute Gasteiger partial charge is 0.393 e. The summed E-state index contributed by atoms with van der Waals surface area (Å²) in [7, 11) is 0. The maximum absolute atomic E-state index is 8.80. The average Bonchev–Trinajstić information content (AvgIpc) is 1.68. The van der Waals surface area contributed by atoms with Crippen LogP contribution < -0.4 is 0 Å². The van der Waals surface area contributed by atoms with Gasteiger partial charge < -0.3 is 5.11 Å². The van der Waals surface area contributed by atoms with Gasteiger partial charge in [0.25, 0.3) is 0 Å². The van der Waals surface area contributed by atoms with Crippen molar-refractivity contribution in [2.24, 2.45) is 0 Å². The fourth-order valence-corrected chi connectivity index (χ4v) is 0.478. The molecule has 0 bridgehead atoms. The first-order valence-corrected chi connectivity index (χ1v) is 2.78. The Morgan fingerprint density at radius 3 is 2.25 bits per heavy atom. The summed E-state index contributed by atoms with van der Waals surface area (Å²) in [5.41, 5.74) is 0. The topological polar surface area (TPSA) is 20.2 Å². The molecule has 0 saturated carbocycles. The Morgan fingerprint density at radius 1 is 1.62 bits per heavy atom. The molecule has 0 aliphatic heterocycles. The van der Waals surface area contributed by atoms with Crippen LogP contribution in [0.4, 0.5) is 0 Å². The van der Waals surface area contributed by atoms with Crippen molar-refractivity contribution >= 4 is 0 Å². The molecule has 0 spiro atoms. The van der Waals surface area contributed by atoms with E-state index in [1.807, 2.05) is 0 Å². The number of hydrogen-bond acceptors (Lipinski definition) is 1. The molecule has 0 fully saturated rings. The van der Waals surface area contributed by atoms with Crippen LogP contribution in [0.25, 0.3) is 0 Å². The molecule has 1 radical (unpaired) electrons. The van der Waals surface area contributed by atoms with E-state index in [-0.39, 0.29) is 25.6 Å². The molecule has 0 amide bonds. The molecular formula is C6H13OZn. The summed E-state index contributed by atoms with van der Waals surface area (Å²) in [6.45, 7) is 5.61. The van der Waals surface area contributed by atoms with Crippen LogP contribution in [-0.2, 0) is 19.5 Å². The summed E-state index contributed by atoms with van der Waals surface area (Å²) < 4.78 is 0. The molecule has 0 rings (SSSR count). The molecule has 0 aliphatic rings. The van der Waals surface area contributed by atoms with Crippen molar-refractivity contribution < 1.29 is 24.6 Å². The predicted molar refractivity (Wildman–Crippen MR) is 30.9 cm³/mol. The zero-order valence-electron chi connectivity index (χ0n) is 5.56. The summed E-state index contributed by atoms with van der Waals surface area (Å²) in [6, 6.07) is 0. The quantitative estimate of drug-likeness (QED) is 0.628. The predicted octanol–water partition coefficient (Wildman–Crippen LogP) is 1.37. The average molecular weight is 167 g/mol. The second-order valence-electron chi connectivity index (χ2n) is 1.73. The molecule has 1 N–H and O–H groups in total. The molecule has 0 aromatic rings. The molecule has 8 heavy (non-hydrogen) atoms. The number of rotatable bonds is 3. The monoisotopic (exact) mass is 165 g/mol. The van der Waals surface area contributed by atoms with Crippen molar-refractivity contribution in [1.82, 2.24) is 0 Å². The van der Waals surface area contributed by atoms with Crippen LogP contribution in [-0.4, -0.2) is 11.2 Å². The molecule has 1 atom stereocenters. The maximum atomic E-state index is 8.80. The van der Waals surface area contributed by atoms with Gasteiger partial charge in [0.15, 0.2) is 0 Å². The van der Waals surface area contributed by atoms with E-state index in [0.29, 0.717) is 6.42 Å². The smallest absolute Gasteiger partial charge is 0.0540 e. The van der Waals surface area contributed by atoms with E-state index in [2.05, 4.69) is 13.8 Å². The van der Waals surface area contributed by atoms with Crippen molar-refractivity contribution in [3.05, 3.63) is 6.92 Å². The molecule has 0 aromatic heterocycles. The third kappa shape index (κ3) is 6.58. The van der Waals surface area contributed by atoms with E-state index in [9.17, 15) is 0 Å². The zero-order valence-corrected chi connectivity index (χ0v) is 8.53. The van der Waals surface area contributed by atoms with E-state index in [0.717, 1.165) is 12.8 Å². The Kier molecular flexibility index (Phi) is 10.8. The Labute approximate surface area is 64.2 Å². The van der Waals surface area contributed by atoms with Gasteiger partial charge >= 0.3 is 0 Å². The second kappa shape index (κ2) is 7.58. The van der Waals surface area contributed by atoms with Gasteiger partial charge in [-0.25, -0.2) is 0 Å². The Balaban J connectivity index is 0. The van der Waals surface area contributed by atoms with Gasteiger partial charge in [0.1, 0.15) is 0 Å². The fraction of sp³-hybridized carbons (Fsp3) is 0.833. The second-order valence-corrected chi connectivity index (χ2v) is 1.73. The summed E-state index contributed by atoms with van der Waals surface area (Å²) in [4.78, 5) is 0. The van der Waals surface area contributed by atoms with Crippen molar-refractivity contribution in [1.29, 1.82) is 0 Å². The minimum Gasteiger partial charge on any atom is -0.393 e. The first kappa shape index (κ1) is 11.4. The van der Waals surface area contributed by atoms with Crippen LogP contribution in [0.15, 0.2) is 0 Å². The van der Waals surface area contributed by atoms with Gasteiger partial charge in [-0.05, 0) is 12.8 Å².